The minimum absolute atomic E-state index is 0. The van der Waals surface area contributed by atoms with Gasteiger partial charge < -0.3 is 19.7 Å². The van der Waals surface area contributed by atoms with Crippen molar-refractivity contribution in [3.05, 3.63) is 29.8 Å². The van der Waals surface area contributed by atoms with Crippen molar-refractivity contribution in [2.24, 2.45) is 16.8 Å². The highest BCUT2D eigenvalue weighted by molar-refractivity contribution is 14.0. The highest BCUT2D eigenvalue weighted by Crippen LogP contribution is 2.20. The number of ether oxygens (including phenoxy) is 2. The van der Waals surface area contributed by atoms with E-state index in [-0.39, 0.29) is 35.9 Å². The quantitative estimate of drug-likeness (QED) is 0.266. The monoisotopic (exact) mass is 503 g/mol. The molecule has 0 aliphatic carbocycles. The van der Waals surface area contributed by atoms with Gasteiger partial charge in [0.2, 0.25) is 0 Å². The van der Waals surface area contributed by atoms with Crippen LogP contribution in [0.3, 0.4) is 0 Å². The molecule has 1 aliphatic heterocycles. The number of carbonyl (C=O) groups is 1. The van der Waals surface area contributed by atoms with Gasteiger partial charge in [-0.1, -0.05) is 32.0 Å². The van der Waals surface area contributed by atoms with Gasteiger partial charge in [-0.3, -0.25) is 9.79 Å². The molecule has 0 aromatic heterocycles. The van der Waals surface area contributed by atoms with Crippen LogP contribution in [0.25, 0.3) is 0 Å². The number of nitrogens with one attached hydrogen (secondary N) is 1. The summed E-state index contributed by atoms with van der Waals surface area (Å²) in [6.07, 6.45) is 1.60. The number of para-hydroxylation sites is 1. The second-order valence-corrected chi connectivity index (χ2v) is 7.23. The first-order valence-corrected chi connectivity index (χ1v) is 9.88. The molecule has 2 rings (SSSR count). The zero-order valence-corrected chi connectivity index (χ0v) is 19.8. The molecular formula is C21H34IN3O3. The number of carbonyl (C=O) groups excluding carboxylic acids is 1. The molecule has 0 unspecified atom stereocenters. The molecule has 0 radical (unpaired) electrons. The van der Waals surface area contributed by atoms with E-state index in [9.17, 15) is 4.79 Å². The fourth-order valence-electron chi connectivity index (χ4n) is 3.14. The van der Waals surface area contributed by atoms with Gasteiger partial charge in [0, 0.05) is 32.2 Å². The van der Waals surface area contributed by atoms with Crippen molar-refractivity contribution in [2.45, 2.75) is 40.2 Å². The largest absolute Gasteiger partial charge is 0.493 e. The first-order valence-electron chi connectivity index (χ1n) is 9.88. The molecule has 0 atom stereocenters. The van der Waals surface area contributed by atoms with Gasteiger partial charge in [0.25, 0.3) is 0 Å². The second kappa shape index (κ2) is 12.9. The van der Waals surface area contributed by atoms with E-state index in [1.165, 1.54) is 0 Å². The van der Waals surface area contributed by atoms with E-state index in [1.807, 2.05) is 25.1 Å². The van der Waals surface area contributed by atoms with Crippen LogP contribution >= 0.6 is 24.0 Å². The summed E-state index contributed by atoms with van der Waals surface area (Å²) in [6.45, 7) is 9.53. The lowest BCUT2D eigenvalue weighted by atomic mass is 9.97. The number of halogens is 1. The predicted octanol–water partition coefficient (Wildman–Crippen LogP) is 3.69. The molecule has 158 valence electrons. The Bertz CT molecular complexity index is 629. The van der Waals surface area contributed by atoms with Gasteiger partial charge in [-0.2, -0.15) is 0 Å². The van der Waals surface area contributed by atoms with Crippen LogP contribution in [0, 0.1) is 11.8 Å². The molecule has 1 aromatic rings. The van der Waals surface area contributed by atoms with Crippen molar-refractivity contribution in [2.75, 3.05) is 33.4 Å². The van der Waals surface area contributed by atoms with E-state index in [1.54, 1.807) is 7.05 Å². The molecule has 0 bridgehead atoms. The molecule has 0 amide bonds. The summed E-state index contributed by atoms with van der Waals surface area (Å²) in [7, 11) is 1.79. The molecule has 28 heavy (non-hydrogen) atoms. The van der Waals surface area contributed by atoms with Crippen LogP contribution in [0.2, 0.25) is 0 Å². The average Bonchev–Trinajstić information content (AvgIpc) is 2.68. The van der Waals surface area contributed by atoms with Crippen molar-refractivity contribution in [3.63, 3.8) is 0 Å². The zero-order valence-electron chi connectivity index (χ0n) is 17.4. The van der Waals surface area contributed by atoms with Gasteiger partial charge in [-0.25, -0.2) is 0 Å². The number of rotatable bonds is 7. The van der Waals surface area contributed by atoms with E-state index in [0.717, 1.165) is 43.2 Å². The number of piperidine rings is 1. The Labute approximate surface area is 186 Å². The van der Waals surface area contributed by atoms with Crippen LogP contribution in [-0.2, 0) is 16.1 Å². The number of esters is 1. The number of benzene rings is 1. The topological polar surface area (TPSA) is 63.2 Å². The van der Waals surface area contributed by atoms with Gasteiger partial charge >= 0.3 is 5.97 Å². The highest BCUT2D eigenvalue weighted by atomic mass is 127. The number of nitrogens with zero attached hydrogens (tertiary/aromatic N) is 2. The number of hydrogen-bond acceptors (Lipinski definition) is 4. The van der Waals surface area contributed by atoms with E-state index in [2.05, 4.69) is 35.1 Å². The van der Waals surface area contributed by atoms with E-state index in [4.69, 9.17) is 9.47 Å². The molecule has 0 spiro atoms. The fourth-order valence-corrected chi connectivity index (χ4v) is 3.14. The van der Waals surface area contributed by atoms with Crippen molar-refractivity contribution in [1.29, 1.82) is 0 Å². The van der Waals surface area contributed by atoms with Gasteiger partial charge in [-0.15, -0.1) is 24.0 Å². The van der Waals surface area contributed by atoms with Crippen molar-refractivity contribution >= 4 is 35.9 Å². The summed E-state index contributed by atoms with van der Waals surface area (Å²) in [4.78, 5) is 18.5. The molecule has 1 heterocycles. The lowest BCUT2D eigenvalue weighted by Gasteiger charge is -2.33. The molecular weight excluding hydrogens is 469 g/mol. The van der Waals surface area contributed by atoms with Crippen molar-refractivity contribution in [1.82, 2.24) is 10.2 Å². The van der Waals surface area contributed by atoms with E-state index in [0.29, 0.717) is 25.7 Å². The Morgan fingerprint density at radius 1 is 1.29 bits per heavy atom. The minimum Gasteiger partial charge on any atom is -0.493 e. The van der Waals surface area contributed by atoms with Crippen LogP contribution in [0.1, 0.15) is 39.2 Å². The van der Waals surface area contributed by atoms with Crippen LogP contribution in [0.5, 0.6) is 5.75 Å². The van der Waals surface area contributed by atoms with Crippen molar-refractivity contribution in [3.8, 4) is 5.75 Å². The van der Waals surface area contributed by atoms with Gasteiger partial charge in [0.1, 0.15) is 5.75 Å². The van der Waals surface area contributed by atoms with Crippen LogP contribution in [0.4, 0.5) is 0 Å². The summed E-state index contributed by atoms with van der Waals surface area (Å²) in [5.74, 6) is 2.19. The third kappa shape index (κ3) is 7.48. The van der Waals surface area contributed by atoms with Crippen LogP contribution < -0.4 is 10.1 Å². The average molecular weight is 503 g/mol. The maximum absolute atomic E-state index is 11.9. The smallest absolute Gasteiger partial charge is 0.309 e. The van der Waals surface area contributed by atoms with E-state index < -0.39 is 0 Å². The molecule has 1 N–H and O–H groups in total. The summed E-state index contributed by atoms with van der Waals surface area (Å²) >= 11 is 0. The van der Waals surface area contributed by atoms with E-state index >= 15 is 0 Å². The zero-order chi connectivity index (χ0) is 19.6. The summed E-state index contributed by atoms with van der Waals surface area (Å²) < 4.78 is 11.1. The predicted molar refractivity (Wildman–Crippen MR) is 123 cm³/mol. The Kier molecular flexibility index (Phi) is 11.3. The lowest BCUT2D eigenvalue weighted by molar-refractivity contribution is -0.149. The molecule has 1 fully saturated rings. The summed E-state index contributed by atoms with van der Waals surface area (Å²) in [6, 6.07) is 8.09. The molecule has 1 saturated heterocycles. The molecule has 6 nitrogen and oxygen atoms in total. The van der Waals surface area contributed by atoms with Crippen molar-refractivity contribution < 1.29 is 14.3 Å². The first kappa shape index (κ1) is 24.5. The molecule has 1 aromatic carbocycles. The Morgan fingerprint density at radius 2 is 1.96 bits per heavy atom. The number of guanidine groups is 1. The van der Waals surface area contributed by atoms with Gasteiger partial charge in [-0.05, 0) is 31.7 Å². The Hall–Kier alpha value is -1.51. The van der Waals surface area contributed by atoms with Gasteiger partial charge in [0.15, 0.2) is 5.96 Å². The fraction of sp³-hybridized carbons (Fsp3) is 0.619. The minimum atomic E-state index is -0.0728. The first-order chi connectivity index (χ1) is 13.0. The number of likely N-dealkylation sites (tertiary alicyclic amines) is 1. The normalized spacial score (nSPS) is 15.2. The third-order valence-corrected chi connectivity index (χ3v) is 4.61. The number of aliphatic imine (C=N–C) groups is 1. The second-order valence-electron chi connectivity index (χ2n) is 7.23. The highest BCUT2D eigenvalue weighted by Gasteiger charge is 2.27. The Balaban J connectivity index is 0.00000392. The molecule has 0 saturated carbocycles. The summed E-state index contributed by atoms with van der Waals surface area (Å²) in [5, 5.41) is 3.43. The third-order valence-electron chi connectivity index (χ3n) is 4.61. The maximum Gasteiger partial charge on any atom is 0.309 e. The molecule has 1 aliphatic rings. The number of hydrogen-bond donors (Lipinski definition) is 1. The summed E-state index contributed by atoms with van der Waals surface area (Å²) in [5.41, 5.74) is 1.11. The lowest BCUT2D eigenvalue weighted by Crippen LogP contribution is -2.46. The Morgan fingerprint density at radius 3 is 2.57 bits per heavy atom. The maximum atomic E-state index is 11.9. The molecule has 7 heteroatoms. The van der Waals surface area contributed by atoms with Gasteiger partial charge in [0.05, 0.1) is 19.1 Å². The van der Waals surface area contributed by atoms with Crippen LogP contribution in [-0.4, -0.2) is 50.2 Å². The standard InChI is InChI=1S/C21H33N3O3.HI/c1-5-26-20(25)17-10-12-24(13-11-17)21(22-4)23-14-18-8-6-7-9-19(18)27-15-16(2)3;/h6-9,16-17H,5,10-15H2,1-4H3,(H,22,23);1H. The SMILES string of the molecule is CCOC(=O)C1CCN(C(=NC)NCc2ccccc2OCC(C)C)CC1.I. The van der Waals surface area contributed by atoms with Crippen LogP contribution in [0.15, 0.2) is 29.3 Å².